The van der Waals surface area contributed by atoms with Crippen LogP contribution < -0.4 is 5.32 Å². The van der Waals surface area contributed by atoms with E-state index in [4.69, 9.17) is 21.1 Å². The molecule has 1 amide bonds. The summed E-state index contributed by atoms with van der Waals surface area (Å²) in [4.78, 5) is 14.6. The Balaban J connectivity index is 2.20. The van der Waals surface area contributed by atoms with E-state index >= 15 is 0 Å². The van der Waals surface area contributed by atoms with Gasteiger partial charge in [0.1, 0.15) is 0 Å². The number of carbonyl (C=O) groups excluding carboxylic acids is 1. The molecule has 21 heavy (non-hydrogen) atoms. The summed E-state index contributed by atoms with van der Waals surface area (Å²) in [6, 6.07) is 5.40. The Morgan fingerprint density at radius 2 is 2.38 bits per heavy atom. The van der Waals surface area contributed by atoms with Crippen LogP contribution in [0, 0.1) is 0 Å². The average molecular weight is 313 g/mol. The van der Waals surface area contributed by atoms with Crippen LogP contribution in [0.5, 0.6) is 0 Å². The number of amides is 1. The summed E-state index contributed by atoms with van der Waals surface area (Å²) < 4.78 is 10.6. The number of morpholine rings is 1. The van der Waals surface area contributed by atoms with Gasteiger partial charge in [-0.15, -0.1) is 0 Å². The van der Waals surface area contributed by atoms with Crippen molar-refractivity contribution in [1.82, 2.24) is 4.90 Å². The van der Waals surface area contributed by atoms with Gasteiger partial charge in [0.2, 0.25) is 0 Å². The van der Waals surface area contributed by atoms with Crippen LogP contribution in [0.2, 0.25) is 5.02 Å². The van der Waals surface area contributed by atoms with Crippen molar-refractivity contribution in [3.05, 3.63) is 28.8 Å². The molecule has 1 heterocycles. The van der Waals surface area contributed by atoms with Crippen molar-refractivity contribution in [2.75, 3.05) is 45.8 Å². The maximum absolute atomic E-state index is 12.8. The second-order valence-corrected chi connectivity index (χ2v) is 5.36. The predicted octanol–water partition coefficient (Wildman–Crippen LogP) is 2.26. The minimum Gasteiger partial charge on any atom is -0.388 e. The number of benzene rings is 1. The first-order valence-corrected chi connectivity index (χ1v) is 7.40. The van der Waals surface area contributed by atoms with Crippen LogP contribution in [0.25, 0.3) is 0 Å². The molecule has 1 unspecified atom stereocenters. The van der Waals surface area contributed by atoms with Gasteiger partial charge in [0, 0.05) is 33.0 Å². The van der Waals surface area contributed by atoms with E-state index in [1.165, 1.54) is 0 Å². The molecule has 6 heteroatoms. The van der Waals surface area contributed by atoms with Gasteiger partial charge in [0.15, 0.2) is 0 Å². The average Bonchev–Trinajstić information content (AvgIpc) is 2.53. The van der Waals surface area contributed by atoms with Gasteiger partial charge in [0.25, 0.3) is 5.91 Å². The minimum atomic E-state index is -0.0542. The molecule has 2 rings (SSSR count). The van der Waals surface area contributed by atoms with Gasteiger partial charge in [-0.1, -0.05) is 11.6 Å². The monoisotopic (exact) mass is 312 g/mol. The maximum atomic E-state index is 12.8. The number of anilines is 1. The number of nitrogens with one attached hydrogen (secondary N) is 1. The van der Waals surface area contributed by atoms with Gasteiger partial charge in [-0.3, -0.25) is 4.79 Å². The van der Waals surface area contributed by atoms with Gasteiger partial charge in [0.05, 0.1) is 29.8 Å². The SMILES string of the molecule is CNc1ccc(Cl)c(C(=O)N2CCOCC2CCOC)c1. The van der Waals surface area contributed by atoms with Crippen molar-refractivity contribution < 1.29 is 14.3 Å². The third-order valence-electron chi connectivity index (χ3n) is 3.63. The Morgan fingerprint density at radius 3 is 3.10 bits per heavy atom. The second kappa shape index (κ2) is 7.64. The van der Waals surface area contributed by atoms with E-state index in [-0.39, 0.29) is 11.9 Å². The van der Waals surface area contributed by atoms with Crippen molar-refractivity contribution >= 4 is 23.2 Å². The number of methoxy groups -OCH3 is 1. The van der Waals surface area contributed by atoms with Crippen LogP contribution in [-0.2, 0) is 9.47 Å². The summed E-state index contributed by atoms with van der Waals surface area (Å²) in [6.07, 6.45) is 0.756. The van der Waals surface area contributed by atoms with Gasteiger partial charge in [-0.25, -0.2) is 0 Å². The molecule has 1 saturated heterocycles. The Labute approximate surface area is 130 Å². The fraction of sp³-hybridized carbons (Fsp3) is 0.533. The van der Waals surface area contributed by atoms with E-state index in [0.29, 0.717) is 37.0 Å². The lowest BCUT2D eigenvalue weighted by Crippen LogP contribution is -2.49. The topological polar surface area (TPSA) is 50.8 Å². The van der Waals surface area contributed by atoms with Crippen LogP contribution in [0.15, 0.2) is 18.2 Å². The normalized spacial score (nSPS) is 18.6. The molecule has 0 radical (unpaired) electrons. The first-order chi connectivity index (χ1) is 10.2. The van der Waals surface area contributed by atoms with E-state index in [9.17, 15) is 4.79 Å². The van der Waals surface area contributed by atoms with Crippen LogP contribution in [0.1, 0.15) is 16.8 Å². The number of hydrogen-bond acceptors (Lipinski definition) is 4. The molecule has 1 N–H and O–H groups in total. The van der Waals surface area contributed by atoms with E-state index in [0.717, 1.165) is 12.1 Å². The third kappa shape index (κ3) is 3.87. The Bertz CT molecular complexity index is 496. The highest BCUT2D eigenvalue weighted by molar-refractivity contribution is 6.34. The maximum Gasteiger partial charge on any atom is 0.255 e. The van der Waals surface area contributed by atoms with Crippen molar-refractivity contribution in [2.45, 2.75) is 12.5 Å². The zero-order chi connectivity index (χ0) is 15.2. The second-order valence-electron chi connectivity index (χ2n) is 4.95. The molecule has 0 aliphatic carbocycles. The Hall–Kier alpha value is -1.30. The number of hydrogen-bond donors (Lipinski definition) is 1. The molecule has 5 nitrogen and oxygen atoms in total. The lowest BCUT2D eigenvalue weighted by atomic mass is 10.1. The zero-order valence-corrected chi connectivity index (χ0v) is 13.2. The fourth-order valence-electron chi connectivity index (χ4n) is 2.41. The molecule has 1 aromatic rings. The van der Waals surface area contributed by atoms with Gasteiger partial charge < -0.3 is 19.7 Å². The molecular formula is C15H21ClN2O3. The predicted molar refractivity (Wildman–Crippen MR) is 83.1 cm³/mol. The van der Waals surface area contributed by atoms with Crippen molar-refractivity contribution in [3.63, 3.8) is 0 Å². The Kier molecular flexibility index (Phi) is 5.85. The fourth-order valence-corrected chi connectivity index (χ4v) is 2.61. The molecule has 0 aromatic heterocycles. The van der Waals surface area contributed by atoms with Crippen LogP contribution in [0.3, 0.4) is 0 Å². The molecule has 0 spiro atoms. The minimum absolute atomic E-state index is 0.0282. The van der Waals surface area contributed by atoms with Crippen molar-refractivity contribution in [3.8, 4) is 0 Å². The Morgan fingerprint density at radius 1 is 1.57 bits per heavy atom. The molecule has 1 aliphatic heterocycles. The van der Waals surface area contributed by atoms with E-state index < -0.39 is 0 Å². The molecule has 1 aliphatic rings. The van der Waals surface area contributed by atoms with Crippen molar-refractivity contribution in [2.24, 2.45) is 0 Å². The summed E-state index contributed by atoms with van der Waals surface area (Å²) in [6.45, 7) is 2.27. The number of ether oxygens (including phenoxy) is 2. The van der Waals surface area contributed by atoms with Crippen LogP contribution in [-0.4, -0.2) is 57.4 Å². The lowest BCUT2D eigenvalue weighted by Gasteiger charge is -2.35. The molecule has 1 atom stereocenters. The molecule has 1 aromatic carbocycles. The highest BCUT2D eigenvalue weighted by Gasteiger charge is 2.29. The van der Waals surface area contributed by atoms with E-state index in [2.05, 4.69) is 5.32 Å². The van der Waals surface area contributed by atoms with Gasteiger partial charge in [-0.2, -0.15) is 0 Å². The quantitative estimate of drug-likeness (QED) is 0.906. The molecular weight excluding hydrogens is 292 g/mol. The third-order valence-corrected chi connectivity index (χ3v) is 3.96. The zero-order valence-electron chi connectivity index (χ0n) is 12.4. The summed E-state index contributed by atoms with van der Waals surface area (Å²) in [5.74, 6) is -0.0542. The van der Waals surface area contributed by atoms with Gasteiger partial charge in [-0.05, 0) is 24.6 Å². The van der Waals surface area contributed by atoms with Crippen LogP contribution >= 0.6 is 11.6 Å². The molecule has 116 valence electrons. The summed E-state index contributed by atoms with van der Waals surface area (Å²) in [5, 5.41) is 3.49. The summed E-state index contributed by atoms with van der Waals surface area (Å²) >= 11 is 6.19. The summed E-state index contributed by atoms with van der Waals surface area (Å²) in [7, 11) is 3.47. The number of halogens is 1. The number of nitrogens with zero attached hydrogens (tertiary/aromatic N) is 1. The van der Waals surface area contributed by atoms with E-state index in [1.807, 2.05) is 18.0 Å². The first-order valence-electron chi connectivity index (χ1n) is 7.02. The molecule has 1 fully saturated rings. The highest BCUT2D eigenvalue weighted by Crippen LogP contribution is 2.24. The number of rotatable bonds is 5. The van der Waals surface area contributed by atoms with E-state index in [1.54, 1.807) is 19.2 Å². The smallest absolute Gasteiger partial charge is 0.255 e. The first kappa shape index (κ1) is 16.1. The molecule has 0 saturated carbocycles. The van der Waals surface area contributed by atoms with Gasteiger partial charge >= 0.3 is 0 Å². The largest absolute Gasteiger partial charge is 0.388 e. The standard InChI is InChI=1S/C15H21ClN2O3/c1-17-11-3-4-14(16)13(9-11)15(19)18-6-8-21-10-12(18)5-7-20-2/h3-4,9,12,17H,5-8,10H2,1-2H3. The van der Waals surface area contributed by atoms with Crippen LogP contribution in [0.4, 0.5) is 5.69 Å². The lowest BCUT2D eigenvalue weighted by molar-refractivity contribution is -0.0103. The highest BCUT2D eigenvalue weighted by atomic mass is 35.5. The van der Waals surface area contributed by atoms with Crippen molar-refractivity contribution in [1.29, 1.82) is 0 Å². The number of carbonyl (C=O) groups is 1. The summed E-state index contributed by atoms with van der Waals surface area (Å²) in [5.41, 5.74) is 1.39. The molecule has 0 bridgehead atoms.